The minimum absolute atomic E-state index is 0.369. The second kappa shape index (κ2) is 6.12. The van der Waals surface area contributed by atoms with Gasteiger partial charge in [0.05, 0.1) is 0 Å². The van der Waals surface area contributed by atoms with E-state index in [1.54, 1.807) is 14.2 Å². The van der Waals surface area contributed by atoms with Gasteiger partial charge in [0, 0.05) is 25.3 Å². The molecule has 0 unspecified atom stereocenters. The molecule has 0 saturated carbocycles. The van der Waals surface area contributed by atoms with Crippen molar-refractivity contribution < 1.29 is 14.2 Å². The van der Waals surface area contributed by atoms with Gasteiger partial charge >= 0.3 is 0 Å². The summed E-state index contributed by atoms with van der Waals surface area (Å²) in [5.41, 5.74) is 4.36. The van der Waals surface area contributed by atoms with Crippen molar-refractivity contribution >= 4 is 11.8 Å². The van der Waals surface area contributed by atoms with Crippen molar-refractivity contribution in [1.29, 1.82) is 0 Å². The molecular weight excluding hydrogens is 264 g/mol. The summed E-state index contributed by atoms with van der Waals surface area (Å²) >= 11 is 0. The Bertz CT molecular complexity index is 643. The van der Waals surface area contributed by atoms with Crippen molar-refractivity contribution in [2.75, 3.05) is 14.2 Å². The van der Waals surface area contributed by atoms with Gasteiger partial charge in [0.1, 0.15) is 12.4 Å². The van der Waals surface area contributed by atoms with Crippen molar-refractivity contribution in [1.82, 2.24) is 0 Å². The van der Waals surface area contributed by atoms with Gasteiger partial charge in [0.15, 0.2) is 6.29 Å². The van der Waals surface area contributed by atoms with Gasteiger partial charge in [0.25, 0.3) is 0 Å². The number of methoxy groups -OCH3 is 2. The summed E-state index contributed by atoms with van der Waals surface area (Å²) in [6, 6.07) is 16.2. The van der Waals surface area contributed by atoms with Crippen LogP contribution in [0.2, 0.25) is 0 Å². The normalized spacial score (nSPS) is 13.6. The number of hydrogen-bond donors (Lipinski definition) is 0. The van der Waals surface area contributed by atoms with E-state index in [9.17, 15) is 0 Å². The molecule has 0 radical (unpaired) electrons. The Morgan fingerprint density at radius 2 is 1.71 bits per heavy atom. The highest BCUT2D eigenvalue weighted by atomic mass is 16.7. The molecule has 0 fully saturated rings. The van der Waals surface area contributed by atoms with Gasteiger partial charge in [-0.25, -0.2) is 0 Å². The summed E-state index contributed by atoms with van der Waals surface area (Å²) in [6.45, 7) is 0.560. The SMILES string of the molecule is COC(OC)c1cccc2c1C=C(c1ccccc1)OC2. The van der Waals surface area contributed by atoms with Gasteiger partial charge < -0.3 is 14.2 Å². The van der Waals surface area contributed by atoms with Crippen molar-refractivity contribution in [2.45, 2.75) is 12.9 Å². The first-order valence-electron chi connectivity index (χ1n) is 6.90. The van der Waals surface area contributed by atoms with E-state index in [1.807, 2.05) is 42.5 Å². The maximum atomic E-state index is 5.87. The average Bonchev–Trinajstić information content (AvgIpc) is 2.56. The van der Waals surface area contributed by atoms with Crippen LogP contribution in [0, 0.1) is 0 Å². The lowest BCUT2D eigenvalue weighted by Gasteiger charge is -2.23. The molecule has 3 heteroatoms. The van der Waals surface area contributed by atoms with Crippen LogP contribution >= 0.6 is 0 Å². The van der Waals surface area contributed by atoms with Gasteiger partial charge in [-0.05, 0) is 17.2 Å². The second-order valence-corrected chi connectivity index (χ2v) is 4.89. The Kier molecular flexibility index (Phi) is 4.04. The number of ether oxygens (including phenoxy) is 3. The van der Waals surface area contributed by atoms with Crippen LogP contribution in [0.25, 0.3) is 11.8 Å². The molecule has 108 valence electrons. The summed E-state index contributed by atoms with van der Waals surface area (Å²) in [6.07, 6.45) is 1.69. The van der Waals surface area contributed by atoms with Crippen molar-refractivity contribution in [3.63, 3.8) is 0 Å². The average molecular weight is 282 g/mol. The molecule has 2 aromatic rings. The predicted octanol–water partition coefficient (Wildman–Crippen LogP) is 4.01. The standard InChI is InChI=1S/C18H18O3/c1-19-18(20-2)15-10-6-9-14-12-21-17(11-16(14)15)13-7-4-3-5-8-13/h3-11,18H,12H2,1-2H3. The summed E-state index contributed by atoms with van der Waals surface area (Å²) in [4.78, 5) is 0. The van der Waals surface area contributed by atoms with Gasteiger partial charge in [-0.3, -0.25) is 0 Å². The molecule has 0 amide bonds. The van der Waals surface area contributed by atoms with Crippen molar-refractivity contribution in [3.05, 3.63) is 70.8 Å². The van der Waals surface area contributed by atoms with E-state index in [-0.39, 0.29) is 6.29 Å². The third-order valence-electron chi connectivity index (χ3n) is 3.63. The first-order valence-corrected chi connectivity index (χ1v) is 6.90. The quantitative estimate of drug-likeness (QED) is 0.793. The second-order valence-electron chi connectivity index (χ2n) is 4.89. The Hall–Kier alpha value is -2.10. The first kappa shape index (κ1) is 13.9. The van der Waals surface area contributed by atoms with Gasteiger partial charge in [-0.1, -0.05) is 48.5 Å². The lowest BCUT2D eigenvalue weighted by atomic mass is 9.97. The van der Waals surface area contributed by atoms with Gasteiger partial charge in [-0.15, -0.1) is 0 Å². The molecule has 0 saturated heterocycles. The Balaban J connectivity index is 2.07. The predicted molar refractivity (Wildman–Crippen MR) is 82.3 cm³/mol. The summed E-state index contributed by atoms with van der Waals surface area (Å²) < 4.78 is 16.7. The van der Waals surface area contributed by atoms with Crippen LogP contribution in [0.1, 0.15) is 28.5 Å². The zero-order valence-electron chi connectivity index (χ0n) is 12.2. The monoisotopic (exact) mass is 282 g/mol. The molecule has 3 rings (SSSR count). The van der Waals surface area contributed by atoms with E-state index in [4.69, 9.17) is 14.2 Å². The van der Waals surface area contributed by atoms with E-state index in [2.05, 4.69) is 12.1 Å². The molecule has 1 heterocycles. The minimum Gasteiger partial charge on any atom is -0.488 e. The fourth-order valence-corrected chi connectivity index (χ4v) is 2.59. The van der Waals surface area contributed by atoms with Crippen LogP contribution in [0.5, 0.6) is 0 Å². The van der Waals surface area contributed by atoms with Gasteiger partial charge in [0.2, 0.25) is 0 Å². The molecule has 0 atom stereocenters. The molecule has 1 aliphatic heterocycles. The third kappa shape index (κ3) is 2.71. The van der Waals surface area contributed by atoms with Crippen LogP contribution in [0.4, 0.5) is 0 Å². The molecule has 0 aliphatic carbocycles. The molecule has 0 spiro atoms. The smallest absolute Gasteiger partial charge is 0.183 e. The van der Waals surface area contributed by atoms with E-state index < -0.39 is 0 Å². The maximum absolute atomic E-state index is 5.87. The van der Waals surface area contributed by atoms with Crippen LogP contribution < -0.4 is 0 Å². The molecule has 21 heavy (non-hydrogen) atoms. The summed E-state index contributed by atoms with van der Waals surface area (Å²) in [7, 11) is 3.30. The van der Waals surface area contributed by atoms with E-state index >= 15 is 0 Å². The number of hydrogen-bond acceptors (Lipinski definition) is 3. The molecular formula is C18H18O3. The highest BCUT2D eigenvalue weighted by Crippen LogP contribution is 2.33. The van der Waals surface area contributed by atoms with Gasteiger partial charge in [-0.2, -0.15) is 0 Å². The van der Waals surface area contributed by atoms with E-state index in [0.717, 1.165) is 28.0 Å². The number of fused-ring (bicyclic) bond motifs is 1. The Labute approximate surface area is 124 Å². The first-order chi connectivity index (χ1) is 10.3. The minimum atomic E-state index is -0.369. The maximum Gasteiger partial charge on any atom is 0.183 e. The van der Waals surface area contributed by atoms with E-state index in [1.165, 1.54) is 0 Å². The highest BCUT2D eigenvalue weighted by Gasteiger charge is 2.20. The number of rotatable bonds is 4. The molecule has 0 N–H and O–H groups in total. The zero-order chi connectivity index (χ0) is 14.7. The fraction of sp³-hybridized carbons (Fsp3) is 0.222. The topological polar surface area (TPSA) is 27.7 Å². The van der Waals surface area contributed by atoms with Crippen LogP contribution in [-0.4, -0.2) is 14.2 Å². The fourth-order valence-electron chi connectivity index (χ4n) is 2.59. The lowest BCUT2D eigenvalue weighted by molar-refractivity contribution is -0.106. The number of benzene rings is 2. The summed E-state index contributed by atoms with van der Waals surface area (Å²) in [5, 5.41) is 0. The molecule has 0 aromatic heterocycles. The molecule has 1 aliphatic rings. The van der Waals surface area contributed by atoms with Crippen LogP contribution in [0.3, 0.4) is 0 Å². The molecule has 0 bridgehead atoms. The van der Waals surface area contributed by atoms with Crippen LogP contribution in [-0.2, 0) is 20.8 Å². The lowest BCUT2D eigenvalue weighted by Crippen LogP contribution is -2.10. The Morgan fingerprint density at radius 3 is 2.43 bits per heavy atom. The van der Waals surface area contributed by atoms with Crippen LogP contribution in [0.15, 0.2) is 48.5 Å². The zero-order valence-corrected chi connectivity index (χ0v) is 12.2. The van der Waals surface area contributed by atoms with Crippen molar-refractivity contribution in [3.8, 4) is 0 Å². The van der Waals surface area contributed by atoms with E-state index in [0.29, 0.717) is 6.61 Å². The Morgan fingerprint density at radius 1 is 0.952 bits per heavy atom. The third-order valence-corrected chi connectivity index (χ3v) is 3.63. The highest BCUT2D eigenvalue weighted by molar-refractivity contribution is 5.81. The molecule has 2 aromatic carbocycles. The largest absolute Gasteiger partial charge is 0.488 e. The summed E-state index contributed by atoms with van der Waals surface area (Å²) in [5.74, 6) is 0.876. The molecule has 3 nitrogen and oxygen atoms in total. The van der Waals surface area contributed by atoms with Crippen molar-refractivity contribution in [2.24, 2.45) is 0 Å².